The molecule has 19 heavy (non-hydrogen) atoms. The SMILES string of the molecule is CC1CCN(S(=O)(=O)N2CCSCC2C(=O)O)CC1. The highest BCUT2D eigenvalue weighted by molar-refractivity contribution is 7.99. The zero-order valence-corrected chi connectivity index (χ0v) is 12.6. The summed E-state index contributed by atoms with van der Waals surface area (Å²) in [5.74, 6) is 0.478. The Kier molecular flexibility index (Phi) is 4.75. The molecule has 1 N–H and O–H groups in total. The molecule has 0 amide bonds. The van der Waals surface area contributed by atoms with Gasteiger partial charge in [0.05, 0.1) is 0 Å². The van der Waals surface area contributed by atoms with Gasteiger partial charge in [-0.25, -0.2) is 0 Å². The van der Waals surface area contributed by atoms with Gasteiger partial charge in [0, 0.05) is 31.1 Å². The standard InChI is InChI=1S/C11H20N2O4S2/c1-9-2-4-12(5-3-9)19(16,17)13-6-7-18-8-10(13)11(14)15/h9-10H,2-8H2,1H3,(H,14,15). The Hall–Kier alpha value is -0.310. The molecule has 1 atom stereocenters. The smallest absolute Gasteiger partial charge is 0.322 e. The topological polar surface area (TPSA) is 77.9 Å². The van der Waals surface area contributed by atoms with Crippen LogP contribution in [-0.2, 0) is 15.0 Å². The maximum atomic E-state index is 12.5. The second kappa shape index (κ2) is 5.99. The fraction of sp³-hybridized carbons (Fsp3) is 0.909. The highest BCUT2D eigenvalue weighted by Crippen LogP contribution is 2.25. The number of piperidine rings is 1. The predicted molar refractivity (Wildman–Crippen MR) is 74.3 cm³/mol. The van der Waals surface area contributed by atoms with Crippen LogP contribution in [-0.4, -0.2) is 65.3 Å². The average molecular weight is 308 g/mol. The van der Waals surface area contributed by atoms with Crippen molar-refractivity contribution in [3.8, 4) is 0 Å². The number of carbonyl (C=O) groups is 1. The van der Waals surface area contributed by atoms with Crippen LogP contribution in [0.15, 0.2) is 0 Å². The fourth-order valence-electron chi connectivity index (χ4n) is 2.42. The monoisotopic (exact) mass is 308 g/mol. The Labute approximate surface area is 118 Å². The Bertz CT molecular complexity index is 432. The molecule has 1 unspecified atom stereocenters. The van der Waals surface area contributed by atoms with Crippen LogP contribution in [0.3, 0.4) is 0 Å². The molecule has 0 spiro atoms. The average Bonchev–Trinajstić information content (AvgIpc) is 2.39. The zero-order chi connectivity index (χ0) is 14.0. The van der Waals surface area contributed by atoms with Crippen molar-refractivity contribution < 1.29 is 18.3 Å². The van der Waals surface area contributed by atoms with Gasteiger partial charge in [-0.1, -0.05) is 6.92 Å². The van der Waals surface area contributed by atoms with Crippen molar-refractivity contribution in [2.75, 3.05) is 31.1 Å². The van der Waals surface area contributed by atoms with Crippen LogP contribution in [0.4, 0.5) is 0 Å². The van der Waals surface area contributed by atoms with Crippen LogP contribution in [0.25, 0.3) is 0 Å². The van der Waals surface area contributed by atoms with E-state index in [1.165, 1.54) is 20.4 Å². The Morgan fingerprint density at radius 3 is 2.47 bits per heavy atom. The van der Waals surface area contributed by atoms with E-state index in [0.717, 1.165) is 12.8 Å². The first kappa shape index (κ1) is 15.1. The second-order valence-electron chi connectivity index (χ2n) is 5.13. The highest BCUT2D eigenvalue weighted by atomic mass is 32.2. The van der Waals surface area contributed by atoms with E-state index in [0.29, 0.717) is 30.5 Å². The zero-order valence-electron chi connectivity index (χ0n) is 11.0. The molecule has 2 heterocycles. The van der Waals surface area contributed by atoms with E-state index in [2.05, 4.69) is 6.92 Å². The number of rotatable bonds is 3. The molecular weight excluding hydrogens is 288 g/mol. The van der Waals surface area contributed by atoms with Crippen molar-refractivity contribution in [2.45, 2.75) is 25.8 Å². The van der Waals surface area contributed by atoms with Gasteiger partial charge in [0.25, 0.3) is 10.2 Å². The van der Waals surface area contributed by atoms with Crippen molar-refractivity contribution in [1.29, 1.82) is 0 Å². The van der Waals surface area contributed by atoms with Crippen LogP contribution in [0.2, 0.25) is 0 Å². The van der Waals surface area contributed by atoms with Gasteiger partial charge in [0.2, 0.25) is 0 Å². The lowest BCUT2D eigenvalue weighted by Crippen LogP contribution is -2.56. The molecule has 0 aliphatic carbocycles. The maximum absolute atomic E-state index is 12.5. The predicted octanol–water partition coefficient (Wildman–Crippen LogP) is 0.465. The van der Waals surface area contributed by atoms with Crippen LogP contribution >= 0.6 is 11.8 Å². The molecule has 2 aliphatic heterocycles. The van der Waals surface area contributed by atoms with Crippen LogP contribution in [0.1, 0.15) is 19.8 Å². The molecule has 0 aromatic carbocycles. The van der Waals surface area contributed by atoms with Crippen LogP contribution < -0.4 is 0 Å². The largest absolute Gasteiger partial charge is 0.480 e. The van der Waals surface area contributed by atoms with Gasteiger partial charge in [0.15, 0.2) is 0 Å². The van der Waals surface area contributed by atoms with Crippen LogP contribution in [0, 0.1) is 5.92 Å². The molecule has 2 fully saturated rings. The first-order valence-electron chi connectivity index (χ1n) is 6.50. The minimum atomic E-state index is -3.63. The van der Waals surface area contributed by atoms with E-state index < -0.39 is 22.2 Å². The minimum absolute atomic E-state index is 0.288. The second-order valence-corrected chi connectivity index (χ2v) is 8.16. The number of hydrogen-bond donors (Lipinski definition) is 1. The minimum Gasteiger partial charge on any atom is -0.480 e. The molecule has 2 rings (SSSR count). The van der Waals surface area contributed by atoms with Crippen molar-refractivity contribution in [3.05, 3.63) is 0 Å². The lowest BCUT2D eigenvalue weighted by atomic mass is 10.0. The van der Waals surface area contributed by atoms with Gasteiger partial charge < -0.3 is 5.11 Å². The summed E-state index contributed by atoms with van der Waals surface area (Å²) >= 11 is 1.49. The van der Waals surface area contributed by atoms with E-state index in [-0.39, 0.29) is 6.54 Å². The third kappa shape index (κ3) is 3.24. The highest BCUT2D eigenvalue weighted by Gasteiger charge is 2.40. The Morgan fingerprint density at radius 1 is 1.26 bits per heavy atom. The van der Waals surface area contributed by atoms with Crippen molar-refractivity contribution in [1.82, 2.24) is 8.61 Å². The number of carboxylic acid groups (broad SMARTS) is 1. The molecule has 0 aromatic rings. The molecule has 2 aliphatic rings. The summed E-state index contributed by atoms with van der Waals surface area (Å²) in [7, 11) is -3.63. The first-order valence-corrected chi connectivity index (χ1v) is 9.05. The Morgan fingerprint density at radius 2 is 1.89 bits per heavy atom. The first-order chi connectivity index (χ1) is 8.93. The lowest BCUT2D eigenvalue weighted by Gasteiger charge is -2.37. The summed E-state index contributed by atoms with van der Waals surface area (Å²) < 4.78 is 27.7. The van der Waals surface area contributed by atoms with E-state index >= 15 is 0 Å². The molecule has 6 nitrogen and oxygen atoms in total. The van der Waals surface area contributed by atoms with Gasteiger partial charge >= 0.3 is 5.97 Å². The molecule has 0 bridgehead atoms. The van der Waals surface area contributed by atoms with E-state index in [9.17, 15) is 18.3 Å². The Balaban J connectivity index is 2.15. The fourth-order valence-corrected chi connectivity index (χ4v) is 5.45. The van der Waals surface area contributed by atoms with E-state index in [4.69, 9.17) is 0 Å². The summed E-state index contributed by atoms with van der Waals surface area (Å²) in [6, 6.07) is -0.928. The number of hydrogen-bond acceptors (Lipinski definition) is 4. The number of aliphatic carboxylic acids is 1. The van der Waals surface area contributed by atoms with E-state index in [1.54, 1.807) is 0 Å². The summed E-state index contributed by atoms with van der Waals surface area (Å²) in [6.45, 7) is 3.40. The lowest BCUT2D eigenvalue weighted by molar-refractivity contribution is -0.140. The van der Waals surface area contributed by atoms with Crippen molar-refractivity contribution in [3.63, 3.8) is 0 Å². The quantitative estimate of drug-likeness (QED) is 0.820. The molecular formula is C11H20N2O4S2. The van der Waals surface area contributed by atoms with Gasteiger partial charge in [-0.2, -0.15) is 28.8 Å². The maximum Gasteiger partial charge on any atom is 0.322 e. The third-order valence-electron chi connectivity index (χ3n) is 3.73. The van der Waals surface area contributed by atoms with Gasteiger partial charge in [0.1, 0.15) is 6.04 Å². The molecule has 2 saturated heterocycles. The molecule has 8 heteroatoms. The van der Waals surface area contributed by atoms with Gasteiger partial charge in [-0.05, 0) is 18.8 Å². The van der Waals surface area contributed by atoms with Gasteiger partial charge in [-0.3, -0.25) is 4.79 Å². The summed E-state index contributed by atoms with van der Waals surface area (Å²) in [6.07, 6.45) is 1.69. The normalized spacial score (nSPS) is 28.4. The van der Waals surface area contributed by atoms with E-state index in [1.807, 2.05) is 0 Å². The van der Waals surface area contributed by atoms with Crippen molar-refractivity contribution in [2.24, 2.45) is 5.92 Å². The molecule has 0 saturated carbocycles. The summed E-state index contributed by atoms with van der Waals surface area (Å²) in [5.41, 5.74) is 0. The number of nitrogens with zero attached hydrogens (tertiary/aromatic N) is 2. The summed E-state index contributed by atoms with van der Waals surface area (Å²) in [4.78, 5) is 11.2. The number of carboxylic acids is 1. The summed E-state index contributed by atoms with van der Waals surface area (Å²) in [5, 5.41) is 9.17. The van der Waals surface area contributed by atoms with Crippen molar-refractivity contribution >= 4 is 27.9 Å². The van der Waals surface area contributed by atoms with Crippen LogP contribution in [0.5, 0.6) is 0 Å². The van der Waals surface area contributed by atoms with Gasteiger partial charge in [-0.15, -0.1) is 0 Å². The molecule has 110 valence electrons. The number of thioether (sulfide) groups is 1. The third-order valence-corrected chi connectivity index (χ3v) is 6.80. The molecule has 0 aromatic heterocycles. The molecule has 0 radical (unpaired) electrons.